The molecule has 0 radical (unpaired) electrons. The highest BCUT2D eigenvalue weighted by Crippen LogP contribution is 2.14. The van der Waals surface area contributed by atoms with Crippen LogP contribution in [0.2, 0.25) is 0 Å². The van der Waals surface area contributed by atoms with Gasteiger partial charge in [0.1, 0.15) is 16.8 Å². The van der Waals surface area contributed by atoms with Crippen LogP contribution in [0.25, 0.3) is 0 Å². The third-order valence-corrected chi connectivity index (χ3v) is 5.10. The third-order valence-electron chi connectivity index (χ3n) is 3.07. The number of anilines is 1. The smallest absolute Gasteiger partial charge is 0.243 e. The summed E-state index contributed by atoms with van der Waals surface area (Å²) in [5.41, 5.74) is 0.415. The van der Waals surface area contributed by atoms with Crippen molar-refractivity contribution in [2.24, 2.45) is 0 Å². The number of amides is 1. The minimum atomic E-state index is -3.73. The molecule has 8 heteroatoms. The van der Waals surface area contributed by atoms with Crippen LogP contribution in [-0.4, -0.2) is 24.7 Å². The van der Waals surface area contributed by atoms with Crippen molar-refractivity contribution < 1.29 is 22.1 Å². The summed E-state index contributed by atoms with van der Waals surface area (Å²) in [7, 11) is -3.73. The number of hydrogen-bond acceptors (Lipinski definition) is 5. The summed E-state index contributed by atoms with van der Waals surface area (Å²) in [5, 5.41) is 4.68. The molecule has 1 amide bonds. The summed E-state index contributed by atoms with van der Waals surface area (Å²) in [6, 6.07) is 6.58. The maximum atomic E-state index is 12.8. The lowest BCUT2D eigenvalue weighted by atomic mass is 10.2. The van der Waals surface area contributed by atoms with Crippen molar-refractivity contribution in [2.45, 2.75) is 24.9 Å². The number of nitrogens with zero attached hydrogens (tertiary/aromatic N) is 1. The number of halogens is 1. The molecule has 2 rings (SSSR count). The lowest BCUT2D eigenvalue weighted by molar-refractivity contribution is -0.115. The molecule has 1 aromatic carbocycles. The van der Waals surface area contributed by atoms with E-state index in [1.807, 2.05) is 0 Å². The van der Waals surface area contributed by atoms with Gasteiger partial charge < -0.3 is 9.84 Å². The first-order valence-electron chi connectivity index (χ1n) is 6.48. The van der Waals surface area contributed by atoms with Crippen molar-refractivity contribution in [3.05, 3.63) is 47.5 Å². The molecular weight excluding hydrogens is 311 g/mol. The summed E-state index contributed by atoms with van der Waals surface area (Å²) in [6.07, 6.45) is 0. The minimum Gasteiger partial charge on any atom is -0.360 e. The topological polar surface area (TPSA) is 89.3 Å². The van der Waals surface area contributed by atoms with Crippen LogP contribution in [0.3, 0.4) is 0 Å². The van der Waals surface area contributed by atoms with E-state index >= 15 is 0 Å². The highest BCUT2D eigenvalue weighted by Gasteiger charge is 2.28. The number of hydrogen-bond donors (Lipinski definition) is 1. The Bertz CT molecular complexity index is 768. The number of nitrogens with one attached hydrogen (secondary N) is 1. The Kier molecular flexibility index (Phi) is 4.60. The van der Waals surface area contributed by atoms with Gasteiger partial charge in [-0.05, 0) is 31.5 Å². The van der Waals surface area contributed by atoms with E-state index < -0.39 is 26.8 Å². The van der Waals surface area contributed by atoms with E-state index in [4.69, 9.17) is 4.52 Å². The van der Waals surface area contributed by atoms with Gasteiger partial charge in [0.15, 0.2) is 15.7 Å². The predicted octanol–water partition coefficient (Wildman–Crippen LogP) is 2.06. The van der Waals surface area contributed by atoms with Crippen LogP contribution in [0.5, 0.6) is 0 Å². The molecule has 0 aliphatic heterocycles. The van der Waals surface area contributed by atoms with Gasteiger partial charge in [0, 0.05) is 6.07 Å². The molecule has 0 aliphatic rings. The highest BCUT2D eigenvalue weighted by molar-refractivity contribution is 7.92. The molecule has 0 fully saturated rings. The number of sulfone groups is 1. The van der Waals surface area contributed by atoms with Gasteiger partial charge in [-0.3, -0.25) is 4.79 Å². The Balaban J connectivity index is 2.07. The SMILES string of the molecule is Cc1cc(NC(=O)[C@@H](C)S(=O)(=O)Cc2ccc(F)cc2)no1. The average Bonchev–Trinajstić information content (AvgIpc) is 2.85. The molecule has 6 nitrogen and oxygen atoms in total. The van der Waals surface area contributed by atoms with Crippen LogP contribution >= 0.6 is 0 Å². The first kappa shape index (κ1) is 16.2. The number of aryl methyl sites for hydroxylation is 1. The molecule has 0 bridgehead atoms. The van der Waals surface area contributed by atoms with Crippen molar-refractivity contribution in [1.29, 1.82) is 0 Å². The first-order chi connectivity index (χ1) is 10.3. The van der Waals surface area contributed by atoms with Gasteiger partial charge in [-0.1, -0.05) is 17.3 Å². The van der Waals surface area contributed by atoms with Crippen LogP contribution in [0.15, 0.2) is 34.9 Å². The van der Waals surface area contributed by atoms with Crippen LogP contribution in [0.1, 0.15) is 18.2 Å². The molecule has 0 aliphatic carbocycles. The average molecular weight is 326 g/mol. The fourth-order valence-electron chi connectivity index (χ4n) is 1.75. The number of rotatable bonds is 5. The van der Waals surface area contributed by atoms with E-state index in [2.05, 4.69) is 10.5 Å². The van der Waals surface area contributed by atoms with Crippen molar-refractivity contribution >= 4 is 21.6 Å². The van der Waals surface area contributed by atoms with E-state index in [-0.39, 0.29) is 11.6 Å². The number of carbonyl (C=O) groups excluding carboxylic acids is 1. The van der Waals surface area contributed by atoms with E-state index in [9.17, 15) is 17.6 Å². The van der Waals surface area contributed by atoms with E-state index in [1.165, 1.54) is 37.3 Å². The molecule has 2 aromatic rings. The number of aromatic nitrogens is 1. The Morgan fingerprint density at radius 2 is 2.00 bits per heavy atom. The van der Waals surface area contributed by atoms with Crippen molar-refractivity contribution in [2.75, 3.05) is 5.32 Å². The molecule has 0 saturated carbocycles. The van der Waals surface area contributed by atoms with Crippen molar-refractivity contribution in [3.63, 3.8) is 0 Å². The zero-order valence-corrected chi connectivity index (χ0v) is 12.9. The summed E-state index contributed by atoms with van der Waals surface area (Å²) < 4.78 is 42.1. The van der Waals surface area contributed by atoms with Gasteiger partial charge in [-0.25, -0.2) is 12.8 Å². The molecule has 1 aromatic heterocycles. The maximum absolute atomic E-state index is 12.8. The van der Waals surface area contributed by atoms with Gasteiger partial charge >= 0.3 is 0 Å². The Morgan fingerprint density at radius 3 is 2.55 bits per heavy atom. The molecule has 0 saturated heterocycles. The zero-order valence-electron chi connectivity index (χ0n) is 12.0. The number of benzene rings is 1. The summed E-state index contributed by atoms with van der Waals surface area (Å²) in [4.78, 5) is 12.0. The van der Waals surface area contributed by atoms with Gasteiger partial charge in [-0.15, -0.1) is 0 Å². The second-order valence-electron chi connectivity index (χ2n) is 4.89. The first-order valence-corrected chi connectivity index (χ1v) is 8.19. The molecule has 1 atom stereocenters. The molecule has 1 N–H and O–H groups in total. The van der Waals surface area contributed by atoms with Gasteiger partial charge in [0.25, 0.3) is 0 Å². The molecule has 1 heterocycles. The predicted molar refractivity (Wildman–Crippen MR) is 78.4 cm³/mol. The fourth-order valence-corrected chi connectivity index (χ4v) is 3.05. The van der Waals surface area contributed by atoms with Crippen molar-refractivity contribution in [3.8, 4) is 0 Å². The largest absolute Gasteiger partial charge is 0.360 e. The Hall–Kier alpha value is -2.22. The van der Waals surface area contributed by atoms with E-state index in [1.54, 1.807) is 6.92 Å². The van der Waals surface area contributed by atoms with Gasteiger partial charge in [-0.2, -0.15) is 0 Å². The summed E-state index contributed by atoms with van der Waals surface area (Å²) >= 11 is 0. The lowest BCUT2D eigenvalue weighted by Gasteiger charge is -2.12. The van der Waals surface area contributed by atoms with Crippen molar-refractivity contribution in [1.82, 2.24) is 5.16 Å². The van der Waals surface area contributed by atoms with Crippen LogP contribution in [-0.2, 0) is 20.4 Å². The van der Waals surface area contributed by atoms with Gasteiger partial charge in [0.2, 0.25) is 5.91 Å². The van der Waals surface area contributed by atoms with Crippen LogP contribution in [0, 0.1) is 12.7 Å². The lowest BCUT2D eigenvalue weighted by Crippen LogP contribution is -2.33. The second-order valence-corrected chi connectivity index (χ2v) is 7.21. The monoisotopic (exact) mass is 326 g/mol. The minimum absolute atomic E-state index is 0.159. The Labute approximate surface area is 127 Å². The highest BCUT2D eigenvalue weighted by atomic mass is 32.2. The molecular formula is C14H15FN2O4S. The molecule has 0 unspecified atom stereocenters. The maximum Gasteiger partial charge on any atom is 0.243 e. The van der Waals surface area contributed by atoms with E-state index in [0.29, 0.717) is 11.3 Å². The van der Waals surface area contributed by atoms with Gasteiger partial charge in [0.05, 0.1) is 5.75 Å². The molecule has 0 spiro atoms. The summed E-state index contributed by atoms with van der Waals surface area (Å²) in [5.74, 6) is -0.841. The number of carbonyl (C=O) groups is 1. The second kappa shape index (κ2) is 6.27. The quantitative estimate of drug-likeness (QED) is 0.908. The molecule has 118 valence electrons. The summed E-state index contributed by atoms with van der Waals surface area (Å²) in [6.45, 7) is 2.94. The zero-order chi connectivity index (χ0) is 16.3. The van der Waals surface area contributed by atoms with E-state index in [0.717, 1.165) is 0 Å². The Morgan fingerprint density at radius 1 is 1.36 bits per heavy atom. The van der Waals surface area contributed by atoms with Crippen LogP contribution < -0.4 is 5.32 Å². The van der Waals surface area contributed by atoms with Crippen LogP contribution in [0.4, 0.5) is 10.2 Å². The third kappa shape index (κ3) is 3.91. The molecule has 22 heavy (non-hydrogen) atoms. The fraction of sp³-hybridized carbons (Fsp3) is 0.286. The standard InChI is InChI=1S/C14H15FN2O4S/c1-9-7-13(17-21-9)16-14(18)10(2)22(19,20)8-11-3-5-12(15)6-4-11/h3-7,10H,8H2,1-2H3,(H,16,17,18)/t10-/m1/s1. The normalized spacial score (nSPS) is 12.9.